The van der Waals surface area contributed by atoms with Crippen LogP contribution in [0, 0.1) is 15.5 Å². The molecule has 1 aromatic rings. The Bertz CT molecular complexity index is 831. The lowest BCUT2D eigenvalue weighted by molar-refractivity contribution is -0.485. The van der Waals surface area contributed by atoms with Gasteiger partial charge in [-0.15, -0.1) is 0 Å². The van der Waals surface area contributed by atoms with Crippen molar-refractivity contribution in [2.45, 2.75) is 58.5 Å². The predicted molar refractivity (Wildman–Crippen MR) is 109 cm³/mol. The molecule has 9 heteroatoms. The topological polar surface area (TPSA) is 125 Å². The van der Waals surface area contributed by atoms with Crippen molar-refractivity contribution in [3.8, 4) is 0 Å². The number of carbonyl (C=O) groups is 3. The van der Waals surface area contributed by atoms with Crippen molar-refractivity contribution in [3.05, 3.63) is 39.9 Å². The first-order valence-electron chi connectivity index (χ1n) is 9.92. The number of nitro groups is 1. The fourth-order valence-electron chi connectivity index (χ4n) is 3.87. The van der Waals surface area contributed by atoms with Gasteiger partial charge in [0.05, 0.1) is 12.5 Å². The van der Waals surface area contributed by atoms with Crippen LogP contribution >= 0.6 is 0 Å². The van der Waals surface area contributed by atoms with Gasteiger partial charge in [0.2, 0.25) is 6.54 Å². The largest absolute Gasteiger partial charge is 0.465 e. The normalized spacial score (nSPS) is 19.8. The molecule has 1 N–H and O–H groups in total. The van der Waals surface area contributed by atoms with E-state index in [1.807, 2.05) is 0 Å². The summed E-state index contributed by atoms with van der Waals surface area (Å²) in [5.74, 6) is -2.22. The van der Waals surface area contributed by atoms with Crippen LogP contribution in [0.5, 0.6) is 0 Å². The summed E-state index contributed by atoms with van der Waals surface area (Å²) in [6.45, 7) is 6.14. The molecule has 0 saturated heterocycles. The van der Waals surface area contributed by atoms with Crippen molar-refractivity contribution < 1.29 is 28.8 Å². The minimum Gasteiger partial charge on any atom is -0.465 e. The second kappa shape index (κ2) is 9.23. The van der Waals surface area contributed by atoms with E-state index in [0.717, 1.165) is 0 Å². The molecule has 0 unspecified atom stereocenters. The lowest BCUT2D eigenvalue weighted by Crippen LogP contribution is -2.45. The Morgan fingerprint density at radius 3 is 2.50 bits per heavy atom. The highest BCUT2D eigenvalue weighted by molar-refractivity contribution is 6.06. The molecule has 0 spiro atoms. The zero-order valence-corrected chi connectivity index (χ0v) is 17.7. The molecule has 1 aliphatic rings. The number of hydrogen-bond donors (Lipinski definition) is 1. The van der Waals surface area contributed by atoms with Gasteiger partial charge in [-0.25, -0.2) is 4.79 Å². The summed E-state index contributed by atoms with van der Waals surface area (Å²) in [4.78, 5) is 49.1. The molecule has 0 bridgehead atoms. The first-order valence-corrected chi connectivity index (χ1v) is 9.92. The summed E-state index contributed by atoms with van der Waals surface area (Å²) >= 11 is 0. The Labute approximate surface area is 175 Å². The summed E-state index contributed by atoms with van der Waals surface area (Å²) in [5, 5.41) is 14.1. The molecule has 1 fully saturated rings. The molecule has 2 atom stereocenters. The third-order valence-electron chi connectivity index (χ3n) is 5.01. The van der Waals surface area contributed by atoms with E-state index in [2.05, 4.69) is 5.32 Å². The zero-order valence-electron chi connectivity index (χ0n) is 17.7. The Balaban J connectivity index is 2.54. The standard InChI is InChI=1S/C21H28N2O7/c1-5-29-18(25)21(12-8-11-17(21)24)15(13-23(27)28)14-9-6-7-10-16(14)22-19(26)30-20(2,3)4/h6-7,9-10,15H,5,8,11-13H2,1-4H3,(H,22,26)/t15-,21+/m1/s1. The summed E-state index contributed by atoms with van der Waals surface area (Å²) < 4.78 is 10.4. The highest BCUT2D eigenvalue weighted by atomic mass is 16.6. The number of para-hydroxylation sites is 1. The maximum absolute atomic E-state index is 12.9. The number of esters is 1. The summed E-state index contributed by atoms with van der Waals surface area (Å²) in [6.07, 6.45) is 0.00401. The van der Waals surface area contributed by atoms with Gasteiger partial charge in [0.25, 0.3) is 0 Å². The average molecular weight is 420 g/mol. The number of ketones is 1. The Hall–Kier alpha value is -2.97. The van der Waals surface area contributed by atoms with Gasteiger partial charge in [-0.1, -0.05) is 18.2 Å². The molecule has 30 heavy (non-hydrogen) atoms. The van der Waals surface area contributed by atoms with Crippen LogP contribution in [0.15, 0.2) is 24.3 Å². The van der Waals surface area contributed by atoms with E-state index in [4.69, 9.17) is 9.47 Å². The van der Waals surface area contributed by atoms with Gasteiger partial charge in [0.1, 0.15) is 11.0 Å². The minimum absolute atomic E-state index is 0.0524. The van der Waals surface area contributed by atoms with E-state index in [1.165, 1.54) is 0 Å². The molecule has 2 rings (SSSR count). The van der Waals surface area contributed by atoms with Crippen LogP contribution in [-0.2, 0) is 19.1 Å². The van der Waals surface area contributed by atoms with E-state index < -0.39 is 40.5 Å². The van der Waals surface area contributed by atoms with Crippen molar-refractivity contribution in [1.29, 1.82) is 0 Å². The smallest absolute Gasteiger partial charge is 0.412 e. The van der Waals surface area contributed by atoms with Crippen LogP contribution in [-0.4, -0.2) is 41.5 Å². The van der Waals surface area contributed by atoms with Gasteiger partial charge in [0.15, 0.2) is 5.78 Å². The van der Waals surface area contributed by atoms with E-state index in [1.54, 1.807) is 52.0 Å². The molecule has 0 heterocycles. The first-order chi connectivity index (χ1) is 14.0. The number of nitrogens with zero attached hydrogens (tertiary/aromatic N) is 1. The fraction of sp³-hybridized carbons (Fsp3) is 0.571. The Kier molecular flexibility index (Phi) is 7.17. The van der Waals surface area contributed by atoms with Crippen LogP contribution in [0.2, 0.25) is 0 Å². The number of benzene rings is 1. The molecule has 1 saturated carbocycles. The lowest BCUT2D eigenvalue weighted by Gasteiger charge is -2.33. The summed E-state index contributed by atoms with van der Waals surface area (Å²) in [7, 11) is 0. The monoisotopic (exact) mass is 420 g/mol. The minimum atomic E-state index is -1.66. The maximum Gasteiger partial charge on any atom is 0.412 e. The van der Waals surface area contributed by atoms with Gasteiger partial charge >= 0.3 is 12.1 Å². The molecule has 0 aliphatic heterocycles. The number of carbonyl (C=O) groups excluding carboxylic acids is 3. The number of nitrogens with one attached hydrogen (secondary N) is 1. The molecule has 9 nitrogen and oxygen atoms in total. The first kappa shape index (κ1) is 23.3. The highest BCUT2D eigenvalue weighted by Crippen LogP contribution is 2.49. The predicted octanol–water partition coefficient (Wildman–Crippen LogP) is 3.70. The molecular formula is C21H28N2O7. The van der Waals surface area contributed by atoms with Gasteiger partial charge in [-0.3, -0.25) is 25.0 Å². The van der Waals surface area contributed by atoms with Crippen molar-refractivity contribution in [1.82, 2.24) is 0 Å². The van der Waals surface area contributed by atoms with E-state index in [9.17, 15) is 24.5 Å². The summed E-state index contributed by atoms with van der Waals surface area (Å²) in [5.41, 5.74) is -1.83. The van der Waals surface area contributed by atoms with Crippen LogP contribution in [0.3, 0.4) is 0 Å². The number of anilines is 1. The highest BCUT2D eigenvalue weighted by Gasteiger charge is 2.58. The number of hydrogen-bond acceptors (Lipinski definition) is 7. The second-order valence-corrected chi connectivity index (χ2v) is 8.25. The average Bonchev–Trinajstić information content (AvgIpc) is 3.01. The van der Waals surface area contributed by atoms with E-state index >= 15 is 0 Å². The van der Waals surface area contributed by atoms with Crippen LogP contribution in [0.4, 0.5) is 10.5 Å². The number of ether oxygens (including phenoxy) is 2. The van der Waals surface area contributed by atoms with Crippen LogP contribution < -0.4 is 5.32 Å². The third kappa shape index (κ3) is 5.14. The molecule has 1 aromatic carbocycles. The molecule has 164 valence electrons. The van der Waals surface area contributed by atoms with Gasteiger partial charge < -0.3 is 9.47 Å². The Morgan fingerprint density at radius 1 is 1.30 bits per heavy atom. The molecular weight excluding hydrogens is 392 g/mol. The number of rotatable bonds is 7. The van der Waals surface area contributed by atoms with Crippen molar-refractivity contribution >= 4 is 23.5 Å². The molecule has 1 amide bonds. The SMILES string of the molecule is CCOC(=O)[C@]1([C@H](C[N+](=O)[O-])c2ccccc2NC(=O)OC(C)(C)C)CCCC1=O. The van der Waals surface area contributed by atoms with Crippen molar-refractivity contribution in [2.24, 2.45) is 5.41 Å². The maximum atomic E-state index is 12.9. The van der Waals surface area contributed by atoms with Crippen molar-refractivity contribution in [3.63, 3.8) is 0 Å². The summed E-state index contributed by atoms with van der Waals surface area (Å²) in [6, 6.07) is 6.42. The number of Topliss-reactive ketones (excluding diaryl/α,β-unsaturated/α-hetero) is 1. The van der Waals surface area contributed by atoms with Gasteiger partial charge in [-0.05, 0) is 52.2 Å². The lowest BCUT2D eigenvalue weighted by atomic mass is 9.69. The molecule has 0 aromatic heterocycles. The van der Waals surface area contributed by atoms with Gasteiger partial charge in [0, 0.05) is 17.0 Å². The number of amides is 1. The molecule has 1 aliphatic carbocycles. The van der Waals surface area contributed by atoms with Crippen LogP contribution in [0.1, 0.15) is 58.4 Å². The van der Waals surface area contributed by atoms with Crippen LogP contribution in [0.25, 0.3) is 0 Å². The Morgan fingerprint density at radius 2 is 1.97 bits per heavy atom. The van der Waals surface area contributed by atoms with E-state index in [0.29, 0.717) is 12.0 Å². The van der Waals surface area contributed by atoms with E-state index in [-0.39, 0.29) is 30.9 Å². The quantitative estimate of drug-likeness (QED) is 0.308. The zero-order chi connectivity index (χ0) is 22.5. The second-order valence-electron chi connectivity index (χ2n) is 8.25. The molecule has 0 radical (unpaired) electrons. The van der Waals surface area contributed by atoms with Gasteiger partial charge in [-0.2, -0.15) is 0 Å². The third-order valence-corrected chi connectivity index (χ3v) is 5.01. The van der Waals surface area contributed by atoms with Crippen molar-refractivity contribution in [2.75, 3.05) is 18.5 Å². The fourth-order valence-corrected chi connectivity index (χ4v) is 3.87.